The number of H-pyrrole nitrogens is 2. The van der Waals surface area contributed by atoms with Gasteiger partial charge in [-0.15, -0.1) is 0 Å². The molecule has 0 unspecified atom stereocenters. The monoisotopic (exact) mass is 274 g/mol. The molecule has 0 bridgehead atoms. The SMILES string of the molecule is NCc1ccc(-n2c(=O)[nH][nH]c2=O)cc1C(F)(F)F. The van der Waals surface area contributed by atoms with Gasteiger partial charge in [0.25, 0.3) is 0 Å². The summed E-state index contributed by atoms with van der Waals surface area (Å²) in [5.74, 6) is 0. The Morgan fingerprint density at radius 1 is 1.16 bits per heavy atom. The number of alkyl halides is 3. The second-order valence-corrected chi connectivity index (χ2v) is 3.74. The molecule has 19 heavy (non-hydrogen) atoms. The number of nitrogens with one attached hydrogen (secondary N) is 2. The Labute approximate surface area is 103 Å². The fourth-order valence-electron chi connectivity index (χ4n) is 1.69. The van der Waals surface area contributed by atoms with E-state index in [4.69, 9.17) is 5.73 Å². The molecule has 9 heteroatoms. The molecule has 0 aliphatic carbocycles. The highest BCUT2D eigenvalue weighted by Crippen LogP contribution is 2.32. The van der Waals surface area contributed by atoms with Gasteiger partial charge in [-0.25, -0.2) is 24.4 Å². The van der Waals surface area contributed by atoms with Gasteiger partial charge in [0.15, 0.2) is 0 Å². The van der Waals surface area contributed by atoms with Crippen LogP contribution in [0.5, 0.6) is 0 Å². The van der Waals surface area contributed by atoms with E-state index in [1.54, 1.807) is 0 Å². The zero-order chi connectivity index (χ0) is 14.2. The molecular weight excluding hydrogens is 265 g/mol. The number of nitrogens with two attached hydrogens (primary N) is 1. The maximum absolute atomic E-state index is 12.8. The van der Waals surface area contributed by atoms with Crippen molar-refractivity contribution in [3.63, 3.8) is 0 Å². The third-order valence-corrected chi connectivity index (χ3v) is 2.56. The molecule has 0 amide bonds. The van der Waals surface area contributed by atoms with Crippen LogP contribution in [0.3, 0.4) is 0 Å². The minimum absolute atomic E-state index is 0.115. The fourth-order valence-corrected chi connectivity index (χ4v) is 1.69. The van der Waals surface area contributed by atoms with E-state index in [9.17, 15) is 22.8 Å². The number of hydrogen-bond donors (Lipinski definition) is 3. The summed E-state index contributed by atoms with van der Waals surface area (Å²) in [6.45, 7) is -0.298. The van der Waals surface area contributed by atoms with Crippen molar-refractivity contribution in [2.75, 3.05) is 0 Å². The van der Waals surface area contributed by atoms with Crippen LogP contribution < -0.4 is 17.1 Å². The van der Waals surface area contributed by atoms with Gasteiger partial charge in [0.2, 0.25) is 0 Å². The van der Waals surface area contributed by atoms with Crippen LogP contribution in [-0.2, 0) is 12.7 Å². The number of aromatic amines is 2. The molecule has 0 aliphatic heterocycles. The van der Waals surface area contributed by atoms with E-state index < -0.39 is 23.1 Å². The number of aromatic nitrogens is 3. The van der Waals surface area contributed by atoms with E-state index in [0.717, 1.165) is 6.07 Å². The molecule has 1 heterocycles. The first kappa shape index (κ1) is 13.1. The van der Waals surface area contributed by atoms with Crippen molar-refractivity contribution in [2.24, 2.45) is 5.73 Å². The van der Waals surface area contributed by atoms with Crippen molar-refractivity contribution < 1.29 is 13.2 Å². The summed E-state index contributed by atoms with van der Waals surface area (Å²) in [6, 6.07) is 3.08. The molecule has 0 radical (unpaired) electrons. The molecule has 0 saturated carbocycles. The summed E-state index contributed by atoms with van der Waals surface area (Å²) in [7, 11) is 0. The van der Waals surface area contributed by atoms with Crippen molar-refractivity contribution in [3.05, 3.63) is 50.3 Å². The van der Waals surface area contributed by atoms with Gasteiger partial charge in [-0.3, -0.25) is 0 Å². The standard InChI is InChI=1S/C10H9F3N4O2/c11-10(12,13)7-3-6(2-1-5(7)4-14)17-8(18)15-16-9(17)19/h1-3H,4,14H2,(H,15,18)(H,16,19). The number of nitrogens with zero attached hydrogens (tertiary/aromatic N) is 1. The van der Waals surface area contributed by atoms with E-state index in [1.165, 1.54) is 6.07 Å². The lowest BCUT2D eigenvalue weighted by molar-refractivity contribution is -0.138. The van der Waals surface area contributed by atoms with Gasteiger partial charge in [-0.05, 0) is 17.7 Å². The smallest absolute Gasteiger partial charge is 0.326 e. The van der Waals surface area contributed by atoms with E-state index in [2.05, 4.69) is 0 Å². The summed E-state index contributed by atoms with van der Waals surface area (Å²) in [4.78, 5) is 22.7. The summed E-state index contributed by atoms with van der Waals surface area (Å²) >= 11 is 0. The lowest BCUT2D eigenvalue weighted by Gasteiger charge is -2.13. The van der Waals surface area contributed by atoms with Gasteiger partial charge in [-0.1, -0.05) is 6.07 Å². The van der Waals surface area contributed by atoms with E-state index in [-0.39, 0.29) is 17.8 Å². The molecule has 4 N–H and O–H groups in total. The summed E-state index contributed by atoms with van der Waals surface area (Å²) in [5, 5.41) is 3.97. The van der Waals surface area contributed by atoms with Crippen molar-refractivity contribution in [1.29, 1.82) is 0 Å². The topological polar surface area (TPSA) is 96.7 Å². The summed E-state index contributed by atoms with van der Waals surface area (Å²) in [5.41, 5.74) is 2.27. The first-order chi connectivity index (χ1) is 8.84. The van der Waals surface area contributed by atoms with Crippen LogP contribution in [0, 0.1) is 0 Å². The number of benzene rings is 1. The molecule has 1 aromatic carbocycles. The predicted molar refractivity (Wildman–Crippen MR) is 59.9 cm³/mol. The minimum atomic E-state index is -4.61. The Hall–Kier alpha value is -2.29. The van der Waals surface area contributed by atoms with Crippen LogP contribution in [0.15, 0.2) is 27.8 Å². The molecule has 0 atom stereocenters. The highest BCUT2D eigenvalue weighted by Gasteiger charge is 2.33. The first-order valence-electron chi connectivity index (χ1n) is 5.15. The molecule has 0 aliphatic rings. The van der Waals surface area contributed by atoms with Crippen LogP contribution >= 0.6 is 0 Å². The molecule has 1 aromatic heterocycles. The molecule has 0 fully saturated rings. The average Bonchev–Trinajstić information content (AvgIpc) is 2.67. The van der Waals surface area contributed by atoms with Gasteiger partial charge in [0.1, 0.15) is 0 Å². The van der Waals surface area contributed by atoms with E-state index in [1.807, 2.05) is 10.2 Å². The average molecular weight is 274 g/mol. The lowest BCUT2D eigenvalue weighted by Crippen LogP contribution is -2.25. The molecule has 6 nitrogen and oxygen atoms in total. The highest BCUT2D eigenvalue weighted by atomic mass is 19.4. The molecule has 2 rings (SSSR count). The Morgan fingerprint density at radius 2 is 1.74 bits per heavy atom. The van der Waals surface area contributed by atoms with E-state index >= 15 is 0 Å². The maximum Gasteiger partial charge on any atom is 0.416 e. The molecular formula is C10H9F3N4O2. The highest BCUT2D eigenvalue weighted by molar-refractivity contribution is 5.41. The van der Waals surface area contributed by atoms with Gasteiger partial charge in [0, 0.05) is 6.54 Å². The third-order valence-electron chi connectivity index (χ3n) is 2.56. The number of hydrogen-bond acceptors (Lipinski definition) is 3. The first-order valence-corrected chi connectivity index (χ1v) is 5.15. The summed E-state index contributed by atoms with van der Waals surface area (Å²) < 4.78 is 39.0. The normalized spacial score (nSPS) is 11.8. The van der Waals surface area contributed by atoms with Crippen LogP contribution in [-0.4, -0.2) is 14.8 Å². The second-order valence-electron chi connectivity index (χ2n) is 3.74. The van der Waals surface area contributed by atoms with Crippen molar-refractivity contribution in [3.8, 4) is 5.69 Å². The quantitative estimate of drug-likeness (QED) is 0.736. The Morgan fingerprint density at radius 3 is 2.21 bits per heavy atom. The zero-order valence-corrected chi connectivity index (χ0v) is 9.41. The van der Waals surface area contributed by atoms with Crippen LogP contribution in [0.1, 0.15) is 11.1 Å². The Bertz CT molecular complexity index is 683. The number of halogens is 3. The second kappa shape index (κ2) is 4.43. The molecule has 2 aromatic rings. The Balaban J connectivity index is 2.69. The zero-order valence-electron chi connectivity index (χ0n) is 9.41. The third kappa shape index (κ3) is 2.32. The van der Waals surface area contributed by atoms with Crippen molar-refractivity contribution in [1.82, 2.24) is 14.8 Å². The van der Waals surface area contributed by atoms with Crippen LogP contribution in [0.2, 0.25) is 0 Å². The van der Waals surface area contributed by atoms with Gasteiger partial charge in [0.05, 0.1) is 11.3 Å². The molecule has 0 spiro atoms. The summed E-state index contributed by atoms with van der Waals surface area (Å²) in [6.07, 6.45) is -4.61. The van der Waals surface area contributed by atoms with Crippen molar-refractivity contribution >= 4 is 0 Å². The molecule has 0 saturated heterocycles. The van der Waals surface area contributed by atoms with Gasteiger partial charge in [-0.2, -0.15) is 13.2 Å². The largest absolute Gasteiger partial charge is 0.416 e. The predicted octanol–water partition coefficient (Wildman–Crippen LogP) is 0.331. The van der Waals surface area contributed by atoms with Gasteiger partial charge >= 0.3 is 17.6 Å². The maximum atomic E-state index is 12.8. The van der Waals surface area contributed by atoms with Crippen LogP contribution in [0.25, 0.3) is 5.69 Å². The van der Waals surface area contributed by atoms with E-state index in [0.29, 0.717) is 10.6 Å². The minimum Gasteiger partial charge on any atom is -0.326 e. The van der Waals surface area contributed by atoms with Crippen LogP contribution in [0.4, 0.5) is 13.2 Å². The molecule has 102 valence electrons. The Kier molecular flexibility index (Phi) is 3.06. The number of rotatable bonds is 2. The van der Waals surface area contributed by atoms with Crippen molar-refractivity contribution in [2.45, 2.75) is 12.7 Å². The fraction of sp³-hybridized carbons (Fsp3) is 0.200. The lowest BCUT2D eigenvalue weighted by atomic mass is 10.1. The van der Waals surface area contributed by atoms with Gasteiger partial charge < -0.3 is 5.73 Å².